The van der Waals surface area contributed by atoms with E-state index < -0.39 is 16.1 Å². The van der Waals surface area contributed by atoms with Crippen LogP contribution < -0.4 is 9.04 Å². The van der Waals surface area contributed by atoms with Crippen LogP contribution >= 0.6 is 0 Å². The Labute approximate surface area is 207 Å². The van der Waals surface area contributed by atoms with Crippen molar-refractivity contribution in [1.82, 2.24) is 9.80 Å². The third kappa shape index (κ3) is 6.05. The number of aryl methyl sites for hydroxylation is 2. The standard InChI is InChI=1S/C25H33N3O6S/c1-5-20-8-10-21(11-9-20)28(35(31,32)23-17-19(3)7-12-22(23)33-4)18-24(29)26-13-15-27(16-14-26)25(30)34-6-2/h7-12,17H,5-6,13-16,18H2,1-4H3. The first kappa shape index (κ1) is 26.3. The number of carbonyl (C=O) groups is 2. The molecule has 1 aliphatic rings. The molecule has 1 fully saturated rings. The van der Waals surface area contributed by atoms with Gasteiger partial charge in [-0.3, -0.25) is 9.10 Å². The number of rotatable bonds is 8. The van der Waals surface area contributed by atoms with Crippen molar-refractivity contribution in [1.29, 1.82) is 0 Å². The number of carbonyl (C=O) groups excluding carboxylic acids is 2. The molecule has 1 saturated heterocycles. The fourth-order valence-electron chi connectivity index (χ4n) is 3.89. The summed E-state index contributed by atoms with van der Waals surface area (Å²) in [6.07, 6.45) is 0.397. The number of hydrogen-bond donors (Lipinski definition) is 0. The highest BCUT2D eigenvalue weighted by Gasteiger charge is 2.33. The van der Waals surface area contributed by atoms with Crippen molar-refractivity contribution in [2.45, 2.75) is 32.1 Å². The first-order valence-electron chi connectivity index (χ1n) is 11.7. The Morgan fingerprint density at radius 2 is 1.60 bits per heavy atom. The largest absolute Gasteiger partial charge is 0.495 e. The summed E-state index contributed by atoms with van der Waals surface area (Å²) in [5.74, 6) is -0.135. The number of benzene rings is 2. The highest BCUT2D eigenvalue weighted by molar-refractivity contribution is 7.93. The maximum atomic E-state index is 13.9. The molecule has 0 radical (unpaired) electrons. The first-order valence-corrected chi connectivity index (χ1v) is 13.1. The summed E-state index contributed by atoms with van der Waals surface area (Å²) in [6.45, 7) is 6.72. The zero-order valence-electron chi connectivity index (χ0n) is 20.7. The minimum atomic E-state index is -4.13. The normalized spacial score (nSPS) is 13.9. The third-order valence-corrected chi connectivity index (χ3v) is 7.75. The number of ether oxygens (including phenoxy) is 2. The molecule has 1 heterocycles. The van der Waals surface area contributed by atoms with E-state index in [2.05, 4.69) is 0 Å². The number of sulfonamides is 1. The molecule has 0 aromatic heterocycles. The van der Waals surface area contributed by atoms with Crippen LogP contribution in [0.15, 0.2) is 47.4 Å². The quantitative estimate of drug-likeness (QED) is 0.549. The van der Waals surface area contributed by atoms with Gasteiger partial charge < -0.3 is 19.3 Å². The number of piperazine rings is 1. The van der Waals surface area contributed by atoms with E-state index >= 15 is 0 Å². The Morgan fingerprint density at radius 1 is 0.971 bits per heavy atom. The number of amides is 2. The Bertz CT molecular complexity index is 1140. The van der Waals surface area contributed by atoms with Crippen LogP contribution in [-0.2, 0) is 26.0 Å². The van der Waals surface area contributed by atoms with Gasteiger partial charge in [-0.2, -0.15) is 0 Å². The van der Waals surface area contributed by atoms with Crippen molar-refractivity contribution in [3.05, 3.63) is 53.6 Å². The maximum absolute atomic E-state index is 13.9. The van der Waals surface area contributed by atoms with Crippen molar-refractivity contribution in [2.24, 2.45) is 0 Å². The van der Waals surface area contributed by atoms with Gasteiger partial charge in [-0.05, 0) is 55.7 Å². The van der Waals surface area contributed by atoms with E-state index in [4.69, 9.17) is 9.47 Å². The molecule has 0 N–H and O–H groups in total. The molecule has 2 aromatic carbocycles. The lowest BCUT2D eigenvalue weighted by Gasteiger charge is -2.35. The molecule has 10 heteroatoms. The van der Waals surface area contributed by atoms with Gasteiger partial charge in [0.15, 0.2) is 0 Å². The number of nitrogens with zero attached hydrogens (tertiary/aromatic N) is 3. The summed E-state index contributed by atoms with van der Waals surface area (Å²) in [5.41, 5.74) is 2.21. The van der Waals surface area contributed by atoms with Gasteiger partial charge >= 0.3 is 6.09 Å². The topological polar surface area (TPSA) is 96.5 Å². The molecule has 0 spiro atoms. The molecule has 35 heavy (non-hydrogen) atoms. The SMILES string of the molecule is CCOC(=O)N1CCN(C(=O)CN(c2ccc(CC)cc2)S(=O)(=O)c2cc(C)ccc2OC)CC1. The molecule has 0 aliphatic carbocycles. The van der Waals surface area contributed by atoms with Gasteiger partial charge in [-0.25, -0.2) is 13.2 Å². The number of anilines is 1. The van der Waals surface area contributed by atoms with Crippen molar-refractivity contribution < 1.29 is 27.5 Å². The summed E-state index contributed by atoms with van der Waals surface area (Å²) >= 11 is 0. The second-order valence-corrected chi connectivity index (χ2v) is 10.1. The molecule has 2 amide bonds. The molecule has 3 rings (SSSR count). The summed E-state index contributed by atoms with van der Waals surface area (Å²) in [6, 6.07) is 12.1. The van der Waals surface area contributed by atoms with Crippen LogP contribution in [0.2, 0.25) is 0 Å². The summed E-state index contributed by atoms with van der Waals surface area (Å²) in [4.78, 5) is 28.3. The van der Waals surface area contributed by atoms with E-state index in [9.17, 15) is 18.0 Å². The van der Waals surface area contributed by atoms with Crippen molar-refractivity contribution in [3.63, 3.8) is 0 Å². The molecule has 0 bridgehead atoms. The zero-order valence-corrected chi connectivity index (χ0v) is 21.5. The minimum absolute atomic E-state index is 0.000464. The lowest BCUT2D eigenvalue weighted by atomic mass is 10.1. The summed E-state index contributed by atoms with van der Waals surface area (Å²) in [7, 11) is -2.71. The number of hydrogen-bond acceptors (Lipinski definition) is 6. The molecular formula is C25H33N3O6S. The second-order valence-electron chi connectivity index (χ2n) is 8.25. The lowest BCUT2D eigenvalue weighted by Crippen LogP contribution is -2.53. The second kappa shape index (κ2) is 11.4. The lowest BCUT2D eigenvalue weighted by molar-refractivity contribution is -0.131. The molecule has 2 aromatic rings. The van der Waals surface area contributed by atoms with Gasteiger partial charge in [0.05, 0.1) is 19.4 Å². The smallest absolute Gasteiger partial charge is 0.409 e. The molecule has 9 nitrogen and oxygen atoms in total. The molecule has 0 atom stereocenters. The highest BCUT2D eigenvalue weighted by Crippen LogP contribution is 2.31. The van der Waals surface area contributed by atoms with E-state index in [1.807, 2.05) is 19.1 Å². The highest BCUT2D eigenvalue weighted by atomic mass is 32.2. The molecule has 0 saturated carbocycles. The third-order valence-electron chi connectivity index (χ3n) is 5.96. The van der Waals surface area contributed by atoms with Gasteiger partial charge in [0.2, 0.25) is 5.91 Å². The number of methoxy groups -OCH3 is 1. The Morgan fingerprint density at radius 3 is 2.17 bits per heavy atom. The maximum Gasteiger partial charge on any atom is 0.409 e. The van der Waals surface area contributed by atoms with Crippen LogP contribution in [0.5, 0.6) is 5.75 Å². The predicted molar refractivity (Wildman–Crippen MR) is 133 cm³/mol. The summed E-state index contributed by atoms with van der Waals surface area (Å²) < 4.78 is 39.2. The van der Waals surface area contributed by atoms with E-state index in [1.54, 1.807) is 54.0 Å². The minimum Gasteiger partial charge on any atom is -0.495 e. The zero-order chi connectivity index (χ0) is 25.6. The average Bonchev–Trinajstić information content (AvgIpc) is 2.87. The van der Waals surface area contributed by atoms with Gasteiger partial charge in [-0.15, -0.1) is 0 Å². The van der Waals surface area contributed by atoms with Crippen LogP contribution in [0, 0.1) is 6.92 Å². The van der Waals surface area contributed by atoms with Crippen LogP contribution in [0.1, 0.15) is 25.0 Å². The van der Waals surface area contributed by atoms with E-state index in [0.29, 0.717) is 31.9 Å². The Hall–Kier alpha value is -3.27. The predicted octanol–water partition coefficient (Wildman–Crippen LogP) is 3.06. The van der Waals surface area contributed by atoms with E-state index in [0.717, 1.165) is 21.9 Å². The van der Waals surface area contributed by atoms with Crippen LogP contribution in [0.25, 0.3) is 0 Å². The molecule has 0 unspecified atom stereocenters. The molecule has 190 valence electrons. The van der Waals surface area contributed by atoms with E-state index in [1.165, 1.54) is 7.11 Å². The van der Waals surface area contributed by atoms with Crippen molar-refractivity contribution in [2.75, 3.05) is 50.7 Å². The van der Waals surface area contributed by atoms with Gasteiger partial charge in [0.1, 0.15) is 17.2 Å². The van der Waals surface area contributed by atoms with E-state index in [-0.39, 0.29) is 29.7 Å². The Balaban J connectivity index is 1.89. The van der Waals surface area contributed by atoms with Crippen LogP contribution in [-0.4, -0.2) is 76.7 Å². The fraction of sp³-hybridized carbons (Fsp3) is 0.440. The fourth-order valence-corrected chi connectivity index (χ4v) is 5.55. The molecule has 1 aliphatic heterocycles. The monoisotopic (exact) mass is 503 g/mol. The van der Waals surface area contributed by atoms with Gasteiger partial charge in [0, 0.05) is 26.2 Å². The van der Waals surface area contributed by atoms with Gasteiger partial charge in [-0.1, -0.05) is 25.1 Å². The van der Waals surface area contributed by atoms with Crippen molar-refractivity contribution in [3.8, 4) is 5.75 Å². The summed E-state index contributed by atoms with van der Waals surface area (Å²) in [5, 5.41) is 0. The van der Waals surface area contributed by atoms with Crippen molar-refractivity contribution >= 4 is 27.7 Å². The first-order chi connectivity index (χ1) is 16.7. The molecular weight excluding hydrogens is 470 g/mol. The van der Waals surface area contributed by atoms with Crippen LogP contribution in [0.3, 0.4) is 0 Å². The van der Waals surface area contributed by atoms with Crippen LogP contribution in [0.4, 0.5) is 10.5 Å². The average molecular weight is 504 g/mol. The Kier molecular flexibility index (Phi) is 8.61. The van der Waals surface area contributed by atoms with Gasteiger partial charge in [0.25, 0.3) is 10.0 Å².